The highest BCUT2D eigenvalue weighted by molar-refractivity contribution is 4.83. The van der Waals surface area contributed by atoms with Crippen molar-refractivity contribution in [3.8, 4) is 0 Å². The molecule has 0 bridgehead atoms. The van der Waals surface area contributed by atoms with Gasteiger partial charge in [-0.3, -0.25) is 0 Å². The van der Waals surface area contributed by atoms with Gasteiger partial charge < -0.3 is 10.4 Å². The van der Waals surface area contributed by atoms with Gasteiger partial charge in [-0.05, 0) is 18.8 Å². The topological polar surface area (TPSA) is 63.0 Å². The van der Waals surface area contributed by atoms with E-state index < -0.39 is 0 Å². The smallest absolute Gasteiger partial charge is 0.140 e. The number of aryl methyl sites for hydroxylation is 1. The predicted molar refractivity (Wildman–Crippen MR) is 67.5 cm³/mol. The van der Waals surface area contributed by atoms with Crippen molar-refractivity contribution < 1.29 is 5.11 Å². The Labute approximate surface area is 103 Å². The molecule has 1 aromatic heterocycles. The van der Waals surface area contributed by atoms with Gasteiger partial charge in [-0.25, -0.2) is 9.67 Å². The zero-order valence-corrected chi connectivity index (χ0v) is 11.3. The Morgan fingerprint density at radius 3 is 2.76 bits per heavy atom. The fourth-order valence-electron chi connectivity index (χ4n) is 1.82. The lowest BCUT2D eigenvalue weighted by Crippen LogP contribution is -2.30. The fourth-order valence-corrected chi connectivity index (χ4v) is 1.82. The Hall–Kier alpha value is -0.940. The Kier molecular flexibility index (Phi) is 5.08. The molecule has 1 atom stereocenters. The molecule has 98 valence electrons. The fraction of sp³-hybridized carbons (Fsp3) is 0.833. The van der Waals surface area contributed by atoms with Gasteiger partial charge in [0, 0.05) is 13.1 Å². The number of rotatable bonds is 6. The van der Waals surface area contributed by atoms with E-state index >= 15 is 0 Å². The molecule has 5 heteroatoms. The van der Waals surface area contributed by atoms with Crippen molar-refractivity contribution in [3.63, 3.8) is 0 Å². The third-order valence-electron chi connectivity index (χ3n) is 2.51. The van der Waals surface area contributed by atoms with Gasteiger partial charge in [0.15, 0.2) is 0 Å². The molecular formula is C12H24N4O. The average Bonchev–Trinajstić information content (AvgIpc) is 2.62. The van der Waals surface area contributed by atoms with Gasteiger partial charge in [0.1, 0.15) is 12.2 Å². The summed E-state index contributed by atoms with van der Waals surface area (Å²) in [5.41, 5.74) is 0.157. The van der Waals surface area contributed by atoms with Crippen LogP contribution in [0.3, 0.4) is 0 Å². The SMILES string of the molecule is CCn1ncnc1CNCC(O)CC(C)(C)C. The van der Waals surface area contributed by atoms with E-state index in [2.05, 4.69) is 36.2 Å². The molecule has 0 aliphatic heterocycles. The Morgan fingerprint density at radius 2 is 2.18 bits per heavy atom. The van der Waals surface area contributed by atoms with Gasteiger partial charge in [-0.2, -0.15) is 5.10 Å². The number of aromatic nitrogens is 3. The Bertz CT molecular complexity index is 329. The number of hydrogen-bond acceptors (Lipinski definition) is 4. The monoisotopic (exact) mass is 240 g/mol. The van der Waals surface area contributed by atoms with E-state index in [0.29, 0.717) is 13.1 Å². The van der Waals surface area contributed by atoms with E-state index in [0.717, 1.165) is 18.8 Å². The molecule has 0 aromatic carbocycles. The first-order valence-corrected chi connectivity index (χ1v) is 6.18. The van der Waals surface area contributed by atoms with Gasteiger partial charge >= 0.3 is 0 Å². The highest BCUT2D eigenvalue weighted by atomic mass is 16.3. The van der Waals surface area contributed by atoms with Gasteiger partial charge in [-0.1, -0.05) is 20.8 Å². The van der Waals surface area contributed by atoms with E-state index in [4.69, 9.17) is 0 Å². The maximum absolute atomic E-state index is 9.83. The minimum atomic E-state index is -0.312. The lowest BCUT2D eigenvalue weighted by molar-refractivity contribution is 0.119. The predicted octanol–water partition coefficient (Wildman–Crippen LogP) is 1.18. The average molecular weight is 240 g/mol. The van der Waals surface area contributed by atoms with E-state index in [1.807, 2.05) is 11.6 Å². The number of nitrogens with one attached hydrogen (secondary N) is 1. The Balaban J connectivity index is 2.28. The molecule has 0 saturated carbocycles. The van der Waals surface area contributed by atoms with Crippen LogP contribution in [0.1, 0.15) is 39.9 Å². The van der Waals surface area contributed by atoms with Gasteiger partial charge in [0.05, 0.1) is 12.6 Å². The summed E-state index contributed by atoms with van der Waals surface area (Å²) in [4.78, 5) is 4.17. The summed E-state index contributed by atoms with van der Waals surface area (Å²) in [6.07, 6.45) is 2.04. The zero-order valence-electron chi connectivity index (χ0n) is 11.3. The third-order valence-corrected chi connectivity index (χ3v) is 2.51. The molecule has 1 rings (SSSR count). The summed E-state index contributed by atoms with van der Waals surface area (Å²) in [7, 11) is 0. The Morgan fingerprint density at radius 1 is 1.47 bits per heavy atom. The van der Waals surface area contributed by atoms with Crippen LogP contribution in [0.15, 0.2) is 6.33 Å². The number of hydrogen-bond donors (Lipinski definition) is 2. The summed E-state index contributed by atoms with van der Waals surface area (Å²) < 4.78 is 1.85. The van der Waals surface area contributed by atoms with Crippen LogP contribution in [0.25, 0.3) is 0 Å². The lowest BCUT2D eigenvalue weighted by atomic mass is 9.89. The minimum Gasteiger partial charge on any atom is -0.392 e. The molecule has 0 spiro atoms. The van der Waals surface area contributed by atoms with Crippen molar-refractivity contribution in [2.24, 2.45) is 5.41 Å². The maximum Gasteiger partial charge on any atom is 0.140 e. The summed E-state index contributed by atoms with van der Waals surface area (Å²) in [6.45, 7) is 10.5. The van der Waals surface area contributed by atoms with Crippen molar-refractivity contribution in [1.82, 2.24) is 20.1 Å². The highest BCUT2D eigenvalue weighted by Crippen LogP contribution is 2.20. The van der Waals surface area contributed by atoms with E-state index in [1.165, 1.54) is 0 Å². The van der Waals surface area contributed by atoms with Crippen molar-refractivity contribution in [2.45, 2.75) is 53.3 Å². The molecular weight excluding hydrogens is 216 g/mol. The van der Waals surface area contributed by atoms with Crippen molar-refractivity contribution in [1.29, 1.82) is 0 Å². The van der Waals surface area contributed by atoms with Gasteiger partial charge in [0.25, 0.3) is 0 Å². The highest BCUT2D eigenvalue weighted by Gasteiger charge is 2.16. The number of aliphatic hydroxyl groups is 1. The molecule has 0 fully saturated rings. The molecule has 2 N–H and O–H groups in total. The normalized spacial score (nSPS) is 13.9. The first kappa shape index (κ1) is 14.1. The molecule has 0 saturated heterocycles. The van der Waals surface area contributed by atoms with Crippen LogP contribution < -0.4 is 5.32 Å². The van der Waals surface area contributed by atoms with E-state index in [1.54, 1.807) is 6.33 Å². The second-order valence-electron chi connectivity index (χ2n) is 5.54. The maximum atomic E-state index is 9.83. The molecule has 17 heavy (non-hydrogen) atoms. The molecule has 1 aromatic rings. The van der Waals surface area contributed by atoms with Crippen LogP contribution >= 0.6 is 0 Å². The van der Waals surface area contributed by atoms with E-state index in [-0.39, 0.29) is 11.5 Å². The van der Waals surface area contributed by atoms with Crippen LogP contribution in [-0.4, -0.2) is 32.5 Å². The third kappa shape index (κ3) is 5.28. The van der Waals surface area contributed by atoms with Crippen molar-refractivity contribution >= 4 is 0 Å². The van der Waals surface area contributed by atoms with Gasteiger partial charge in [-0.15, -0.1) is 0 Å². The zero-order chi connectivity index (χ0) is 12.9. The van der Waals surface area contributed by atoms with Crippen LogP contribution in [-0.2, 0) is 13.1 Å². The van der Waals surface area contributed by atoms with Crippen LogP contribution in [0, 0.1) is 5.41 Å². The van der Waals surface area contributed by atoms with Crippen LogP contribution in [0.5, 0.6) is 0 Å². The second kappa shape index (κ2) is 6.12. The van der Waals surface area contributed by atoms with Crippen LogP contribution in [0.2, 0.25) is 0 Å². The quantitative estimate of drug-likeness (QED) is 0.784. The number of aliphatic hydroxyl groups excluding tert-OH is 1. The molecule has 0 aliphatic carbocycles. The minimum absolute atomic E-state index is 0.157. The standard InChI is InChI=1S/C12H24N4O/c1-5-16-11(14-9-15-16)8-13-7-10(17)6-12(2,3)4/h9-10,13,17H,5-8H2,1-4H3. The van der Waals surface area contributed by atoms with Crippen molar-refractivity contribution in [2.75, 3.05) is 6.54 Å². The summed E-state index contributed by atoms with van der Waals surface area (Å²) >= 11 is 0. The van der Waals surface area contributed by atoms with Crippen molar-refractivity contribution in [3.05, 3.63) is 12.2 Å². The molecule has 0 amide bonds. The molecule has 0 radical (unpaired) electrons. The molecule has 5 nitrogen and oxygen atoms in total. The summed E-state index contributed by atoms with van der Waals surface area (Å²) in [6, 6.07) is 0. The van der Waals surface area contributed by atoms with Gasteiger partial charge in [0.2, 0.25) is 0 Å². The lowest BCUT2D eigenvalue weighted by Gasteiger charge is -2.22. The summed E-state index contributed by atoms with van der Waals surface area (Å²) in [5.74, 6) is 0.912. The first-order chi connectivity index (χ1) is 7.92. The summed E-state index contributed by atoms with van der Waals surface area (Å²) in [5, 5.41) is 17.1. The second-order valence-corrected chi connectivity index (χ2v) is 5.54. The molecule has 0 aliphatic rings. The molecule has 1 heterocycles. The number of nitrogens with zero attached hydrogens (tertiary/aromatic N) is 3. The van der Waals surface area contributed by atoms with E-state index in [9.17, 15) is 5.11 Å². The largest absolute Gasteiger partial charge is 0.392 e. The first-order valence-electron chi connectivity index (χ1n) is 6.18. The molecule has 1 unspecified atom stereocenters. The van der Waals surface area contributed by atoms with Crippen LogP contribution in [0.4, 0.5) is 0 Å².